The van der Waals surface area contributed by atoms with Gasteiger partial charge >= 0.3 is 17.9 Å². The standard InChI is InChI=1S/C41H70O6/c1-4-7-10-13-15-17-19-20-22-23-25-28-31-34-40(43)46-37-38(36-45-39(42)33-30-27-12-9-6-3)47-41(44)35-32-29-26-24-21-18-16-14-11-8-5-2/h7,10,14-17,20,22,38H,4-6,8-9,11-13,18-19,21,23-37H2,1-3H3/b10-7-,16-14-,17-15-,22-20-. The van der Waals surface area contributed by atoms with E-state index < -0.39 is 6.10 Å². The summed E-state index contributed by atoms with van der Waals surface area (Å²) in [7, 11) is 0. The van der Waals surface area contributed by atoms with Crippen molar-refractivity contribution in [2.75, 3.05) is 13.2 Å². The normalized spacial score (nSPS) is 12.5. The predicted molar refractivity (Wildman–Crippen MR) is 196 cm³/mol. The van der Waals surface area contributed by atoms with Crippen molar-refractivity contribution in [3.8, 4) is 0 Å². The van der Waals surface area contributed by atoms with Crippen molar-refractivity contribution in [2.24, 2.45) is 0 Å². The highest BCUT2D eigenvalue weighted by Crippen LogP contribution is 2.12. The number of allylic oxidation sites excluding steroid dienone is 8. The lowest BCUT2D eigenvalue weighted by atomic mass is 10.1. The quantitative estimate of drug-likeness (QED) is 0.0302. The van der Waals surface area contributed by atoms with Gasteiger partial charge in [0.05, 0.1) is 0 Å². The van der Waals surface area contributed by atoms with Crippen molar-refractivity contribution >= 4 is 17.9 Å². The number of carbonyl (C=O) groups excluding carboxylic acids is 3. The zero-order valence-electron chi connectivity index (χ0n) is 30.5. The summed E-state index contributed by atoms with van der Waals surface area (Å²) in [4.78, 5) is 37.2. The Hall–Kier alpha value is -2.63. The smallest absolute Gasteiger partial charge is 0.306 e. The SMILES string of the molecule is CC/C=C\C/C=C\C/C=C\CCCCCC(=O)OCC(COC(=O)CCCCCCC)OC(=O)CCCCCCC/C=C\CCCC. The molecule has 270 valence electrons. The fraction of sp³-hybridized carbons (Fsp3) is 0.732. The molecule has 0 aliphatic heterocycles. The summed E-state index contributed by atoms with van der Waals surface area (Å²) < 4.78 is 16.5. The van der Waals surface area contributed by atoms with Crippen molar-refractivity contribution in [3.63, 3.8) is 0 Å². The van der Waals surface area contributed by atoms with Gasteiger partial charge in [-0.3, -0.25) is 14.4 Å². The monoisotopic (exact) mass is 659 g/mol. The Morgan fingerprint density at radius 3 is 1.40 bits per heavy atom. The molecule has 0 saturated heterocycles. The third-order valence-corrected chi connectivity index (χ3v) is 7.82. The minimum atomic E-state index is -0.781. The van der Waals surface area contributed by atoms with Gasteiger partial charge in [-0.1, -0.05) is 134 Å². The molecule has 0 saturated carbocycles. The summed E-state index contributed by atoms with van der Waals surface area (Å²) in [6.07, 6.45) is 39.8. The van der Waals surface area contributed by atoms with Gasteiger partial charge in [0.2, 0.25) is 0 Å². The molecule has 0 bridgehead atoms. The lowest BCUT2D eigenvalue weighted by Crippen LogP contribution is -2.30. The van der Waals surface area contributed by atoms with Crippen LogP contribution in [0, 0.1) is 0 Å². The van der Waals surface area contributed by atoms with Gasteiger partial charge in [0.15, 0.2) is 6.10 Å². The van der Waals surface area contributed by atoms with Crippen molar-refractivity contribution in [1.82, 2.24) is 0 Å². The van der Waals surface area contributed by atoms with Gasteiger partial charge in [0.25, 0.3) is 0 Å². The van der Waals surface area contributed by atoms with Crippen LogP contribution < -0.4 is 0 Å². The fourth-order valence-corrected chi connectivity index (χ4v) is 4.90. The van der Waals surface area contributed by atoms with E-state index >= 15 is 0 Å². The Bertz CT molecular complexity index is 856. The Balaban J connectivity index is 4.37. The van der Waals surface area contributed by atoms with Gasteiger partial charge in [-0.05, 0) is 70.6 Å². The van der Waals surface area contributed by atoms with Crippen molar-refractivity contribution in [2.45, 2.75) is 181 Å². The molecule has 0 aliphatic carbocycles. The Labute approximate surface area is 288 Å². The highest BCUT2D eigenvalue weighted by atomic mass is 16.6. The number of unbranched alkanes of at least 4 members (excludes halogenated alkanes) is 14. The molecule has 0 aromatic rings. The summed E-state index contributed by atoms with van der Waals surface area (Å²) in [5.41, 5.74) is 0. The van der Waals surface area contributed by atoms with E-state index in [1.54, 1.807) is 0 Å². The Morgan fingerprint density at radius 2 is 0.851 bits per heavy atom. The van der Waals surface area contributed by atoms with Gasteiger partial charge in [0.1, 0.15) is 13.2 Å². The first-order chi connectivity index (χ1) is 23.0. The molecule has 0 radical (unpaired) electrons. The maximum absolute atomic E-state index is 12.6. The predicted octanol–water partition coefficient (Wildman–Crippen LogP) is 11.6. The molecule has 0 aromatic carbocycles. The van der Waals surface area contributed by atoms with Gasteiger partial charge in [-0.25, -0.2) is 0 Å². The van der Waals surface area contributed by atoms with E-state index in [1.807, 2.05) is 0 Å². The lowest BCUT2D eigenvalue weighted by Gasteiger charge is -2.18. The third-order valence-electron chi connectivity index (χ3n) is 7.82. The van der Waals surface area contributed by atoms with Gasteiger partial charge in [0, 0.05) is 19.3 Å². The number of hydrogen-bond acceptors (Lipinski definition) is 6. The van der Waals surface area contributed by atoms with E-state index in [-0.39, 0.29) is 31.1 Å². The van der Waals surface area contributed by atoms with Crippen LogP contribution in [0.3, 0.4) is 0 Å². The number of ether oxygens (including phenoxy) is 3. The molecule has 0 spiro atoms. The number of rotatable bonds is 33. The largest absolute Gasteiger partial charge is 0.462 e. The van der Waals surface area contributed by atoms with Crippen molar-refractivity contribution < 1.29 is 28.6 Å². The third kappa shape index (κ3) is 34.5. The van der Waals surface area contributed by atoms with Crippen LogP contribution in [-0.2, 0) is 28.6 Å². The summed E-state index contributed by atoms with van der Waals surface area (Å²) in [5.74, 6) is -0.952. The Kier molecular flexibility index (Phi) is 34.2. The summed E-state index contributed by atoms with van der Waals surface area (Å²) >= 11 is 0. The molecule has 1 atom stereocenters. The van der Waals surface area contributed by atoms with Crippen molar-refractivity contribution in [1.29, 1.82) is 0 Å². The van der Waals surface area contributed by atoms with Crippen LogP contribution in [0.2, 0.25) is 0 Å². The summed E-state index contributed by atoms with van der Waals surface area (Å²) in [6, 6.07) is 0. The van der Waals surface area contributed by atoms with Crippen LogP contribution in [0.1, 0.15) is 175 Å². The first-order valence-corrected chi connectivity index (χ1v) is 19.1. The molecule has 0 rings (SSSR count). The summed E-state index contributed by atoms with van der Waals surface area (Å²) in [5, 5.41) is 0. The molecule has 0 fully saturated rings. The molecule has 1 unspecified atom stereocenters. The van der Waals surface area contributed by atoms with Crippen LogP contribution in [0.4, 0.5) is 0 Å². The minimum absolute atomic E-state index is 0.0877. The second-order valence-electron chi connectivity index (χ2n) is 12.5. The molecule has 47 heavy (non-hydrogen) atoms. The van der Waals surface area contributed by atoms with E-state index in [2.05, 4.69) is 69.4 Å². The molecule has 0 heterocycles. The molecular weight excluding hydrogens is 588 g/mol. The van der Waals surface area contributed by atoms with E-state index in [0.29, 0.717) is 19.3 Å². The minimum Gasteiger partial charge on any atom is -0.462 e. The first kappa shape index (κ1) is 44.4. The highest BCUT2D eigenvalue weighted by Gasteiger charge is 2.19. The van der Waals surface area contributed by atoms with Crippen LogP contribution >= 0.6 is 0 Å². The van der Waals surface area contributed by atoms with Gasteiger partial charge in [-0.2, -0.15) is 0 Å². The van der Waals surface area contributed by atoms with Crippen molar-refractivity contribution in [3.05, 3.63) is 48.6 Å². The number of carbonyl (C=O) groups is 3. The topological polar surface area (TPSA) is 78.9 Å². The lowest BCUT2D eigenvalue weighted by molar-refractivity contribution is -0.167. The van der Waals surface area contributed by atoms with Gasteiger partial charge < -0.3 is 14.2 Å². The van der Waals surface area contributed by atoms with Crippen LogP contribution in [0.5, 0.6) is 0 Å². The fourth-order valence-electron chi connectivity index (χ4n) is 4.90. The maximum atomic E-state index is 12.6. The molecule has 0 aromatic heterocycles. The maximum Gasteiger partial charge on any atom is 0.306 e. The van der Waals surface area contributed by atoms with E-state index in [4.69, 9.17) is 14.2 Å². The molecular formula is C41H70O6. The zero-order valence-corrected chi connectivity index (χ0v) is 30.5. The molecule has 0 aliphatic rings. The summed E-state index contributed by atoms with van der Waals surface area (Å²) in [6.45, 7) is 6.33. The second kappa shape index (κ2) is 36.2. The van der Waals surface area contributed by atoms with E-state index in [9.17, 15) is 14.4 Å². The zero-order chi connectivity index (χ0) is 34.5. The molecule has 0 N–H and O–H groups in total. The van der Waals surface area contributed by atoms with E-state index in [1.165, 1.54) is 32.1 Å². The van der Waals surface area contributed by atoms with Crippen LogP contribution in [0.15, 0.2) is 48.6 Å². The average molecular weight is 659 g/mol. The average Bonchev–Trinajstić information content (AvgIpc) is 3.06. The van der Waals surface area contributed by atoms with Gasteiger partial charge in [-0.15, -0.1) is 0 Å². The second-order valence-corrected chi connectivity index (χ2v) is 12.5. The Morgan fingerprint density at radius 1 is 0.447 bits per heavy atom. The molecule has 0 amide bonds. The van der Waals surface area contributed by atoms with Crippen LogP contribution in [-0.4, -0.2) is 37.2 Å². The molecule has 6 nitrogen and oxygen atoms in total. The van der Waals surface area contributed by atoms with E-state index in [0.717, 1.165) is 103 Å². The first-order valence-electron chi connectivity index (χ1n) is 19.1. The number of hydrogen-bond donors (Lipinski definition) is 0. The van der Waals surface area contributed by atoms with Crippen LogP contribution in [0.25, 0.3) is 0 Å². The number of esters is 3. The highest BCUT2D eigenvalue weighted by molar-refractivity contribution is 5.71. The molecule has 6 heteroatoms.